The highest BCUT2D eigenvalue weighted by Crippen LogP contribution is 2.23. The van der Waals surface area contributed by atoms with Gasteiger partial charge in [-0.3, -0.25) is 0 Å². The van der Waals surface area contributed by atoms with E-state index < -0.39 is 0 Å². The summed E-state index contributed by atoms with van der Waals surface area (Å²) in [5.74, 6) is 1.13. The lowest BCUT2D eigenvalue weighted by Gasteiger charge is -2.07. The third-order valence-electron chi connectivity index (χ3n) is 2.39. The molecule has 0 radical (unpaired) electrons. The minimum atomic E-state index is 0.814. The van der Waals surface area contributed by atoms with Crippen molar-refractivity contribution in [3.63, 3.8) is 0 Å². The quantitative estimate of drug-likeness (QED) is 0.907. The third-order valence-corrected chi connectivity index (χ3v) is 4.26. The average molecular weight is 272 g/mol. The first-order valence-electron chi connectivity index (χ1n) is 4.91. The zero-order chi connectivity index (χ0) is 9.80. The number of hydrogen-bond donors (Lipinski definition) is 1. The number of thioether (sulfide) groups is 1. The zero-order valence-electron chi connectivity index (χ0n) is 8.00. The molecule has 0 spiro atoms. The molecule has 1 aromatic carbocycles. The van der Waals surface area contributed by atoms with Gasteiger partial charge in [0.1, 0.15) is 0 Å². The lowest BCUT2D eigenvalue weighted by molar-refractivity contribution is 0.858. The van der Waals surface area contributed by atoms with Gasteiger partial charge in [0.05, 0.1) is 0 Å². The summed E-state index contributed by atoms with van der Waals surface area (Å²) in [6, 6.07) is 8.58. The summed E-state index contributed by atoms with van der Waals surface area (Å²) >= 11 is 5.56. The Kier molecular flexibility index (Phi) is 3.90. The van der Waals surface area contributed by atoms with E-state index in [9.17, 15) is 0 Å². The summed E-state index contributed by atoms with van der Waals surface area (Å²) in [5, 5.41) is 4.20. The highest BCUT2D eigenvalue weighted by atomic mass is 79.9. The molecule has 1 aliphatic heterocycles. The van der Waals surface area contributed by atoms with Gasteiger partial charge in [0, 0.05) is 22.0 Å². The molecule has 0 aromatic heterocycles. The van der Waals surface area contributed by atoms with E-state index in [-0.39, 0.29) is 0 Å². The summed E-state index contributed by atoms with van der Waals surface area (Å²) in [4.78, 5) is 0. The third kappa shape index (κ3) is 3.01. The van der Waals surface area contributed by atoms with Gasteiger partial charge in [0.25, 0.3) is 0 Å². The van der Waals surface area contributed by atoms with Crippen LogP contribution in [-0.4, -0.2) is 18.3 Å². The van der Waals surface area contributed by atoms with E-state index in [1.165, 1.54) is 29.5 Å². The molecular weight excluding hydrogens is 258 g/mol. The Morgan fingerprint density at radius 1 is 1.50 bits per heavy atom. The Morgan fingerprint density at radius 3 is 3.14 bits per heavy atom. The maximum Gasteiger partial charge on any atom is 0.0188 e. The minimum absolute atomic E-state index is 0.814. The van der Waals surface area contributed by atoms with Crippen LogP contribution in [0.4, 0.5) is 0 Å². The molecule has 1 saturated heterocycles. The molecule has 1 heterocycles. The van der Waals surface area contributed by atoms with Gasteiger partial charge in [-0.25, -0.2) is 0 Å². The van der Waals surface area contributed by atoms with Crippen molar-refractivity contribution in [1.82, 2.24) is 5.32 Å². The molecule has 2 rings (SSSR count). The molecule has 14 heavy (non-hydrogen) atoms. The van der Waals surface area contributed by atoms with Crippen LogP contribution in [0, 0.1) is 0 Å². The van der Waals surface area contributed by atoms with Crippen LogP contribution in [-0.2, 0) is 5.75 Å². The first-order chi connectivity index (χ1) is 6.84. The monoisotopic (exact) mass is 271 g/mol. The second-order valence-corrected chi connectivity index (χ2v) is 5.76. The summed E-state index contributed by atoms with van der Waals surface area (Å²) in [6.45, 7) is 2.37. The van der Waals surface area contributed by atoms with Crippen molar-refractivity contribution in [2.75, 3.05) is 13.1 Å². The fraction of sp³-hybridized carbons (Fsp3) is 0.455. The van der Waals surface area contributed by atoms with Crippen molar-refractivity contribution in [3.05, 3.63) is 34.3 Å². The molecule has 1 unspecified atom stereocenters. The zero-order valence-corrected chi connectivity index (χ0v) is 10.4. The minimum Gasteiger partial charge on any atom is -0.316 e. The first kappa shape index (κ1) is 10.5. The van der Waals surface area contributed by atoms with E-state index >= 15 is 0 Å². The SMILES string of the molecule is Brc1cccc(CSC2CCNC2)c1. The largest absolute Gasteiger partial charge is 0.316 e. The van der Waals surface area contributed by atoms with E-state index in [1.807, 2.05) is 0 Å². The molecule has 1 atom stereocenters. The van der Waals surface area contributed by atoms with Crippen LogP contribution in [0.2, 0.25) is 0 Å². The fourth-order valence-corrected chi connectivity index (χ4v) is 3.19. The second-order valence-electron chi connectivity index (χ2n) is 3.56. The summed E-state index contributed by atoms with van der Waals surface area (Å²) in [6.07, 6.45) is 1.32. The normalized spacial score (nSPS) is 21.4. The molecule has 0 aliphatic carbocycles. The lowest BCUT2D eigenvalue weighted by atomic mass is 10.2. The molecule has 0 amide bonds. The van der Waals surface area contributed by atoms with E-state index in [4.69, 9.17) is 0 Å². The van der Waals surface area contributed by atoms with Crippen molar-refractivity contribution < 1.29 is 0 Å². The van der Waals surface area contributed by atoms with Crippen molar-refractivity contribution in [2.45, 2.75) is 17.4 Å². The van der Waals surface area contributed by atoms with E-state index in [0.29, 0.717) is 0 Å². The van der Waals surface area contributed by atoms with Crippen LogP contribution in [0.25, 0.3) is 0 Å². The number of nitrogens with one attached hydrogen (secondary N) is 1. The molecule has 0 saturated carbocycles. The van der Waals surface area contributed by atoms with Crippen LogP contribution < -0.4 is 5.32 Å². The molecule has 1 fully saturated rings. The Hall–Kier alpha value is 0.01000. The Morgan fingerprint density at radius 2 is 2.43 bits per heavy atom. The van der Waals surface area contributed by atoms with Gasteiger partial charge in [0.15, 0.2) is 0 Å². The lowest BCUT2D eigenvalue weighted by Crippen LogP contribution is -2.10. The molecule has 76 valence electrons. The maximum absolute atomic E-state index is 3.49. The number of halogens is 1. The molecule has 1 N–H and O–H groups in total. The van der Waals surface area contributed by atoms with Gasteiger partial charge < -0.3 is 5.32 Å². The predicted molar refractivity (Wildman–Crippen MR) is 66.7 cm³/mol. The van der Waals surface area contributed by atoms with Crippen molar-refractivity contribution in [2.24, 2.45) is 0 Å². The van der Waals surface area contributed by atoms with Gasteiger partial charge in [-0.15, -0.1) is 0 Å². The summed E-state index contributed by atoms with van der Waals surface area (Å²) in [5.41, 5.74) is 1.41. The Balaban J connectivity index is 1.85. The summed E-state index contributed by atoms with van der Waals surface area (Å²) in [7, 11) is 0. The first-order valence-corrected chi connectivity index (χ1v) is 6.75. The predicted octanol–water partition coefficient (Wildman–Crippen LogP) is 3.04. The number of hydrogen-bond acceptors (Lipinski definition) is 2. The highest BCUT2D eigenvalue weighted by Gasteiger charge is 2.14. The van der Waals surface area contributed by atoms with Gasteiger partial charge >= 0.3 is 0 Å². The van der Waals surface area contributed by atoms with Crippen molar-refractivity contribution in [1.29, 1.82) is 0 Å². The highest BCUT2D eigenvalue weighted by molar-refractivity contribution is 9.10. The summed E-state index contributed by atoms with van der Waals surface area (Å²) < 4.78 is 1.18. The molecule has 3 heteroatoms. The smallest absolute Gasteiger partial charge is 0.0188 e. The van der Waals surface area contributed by atoms with Crippen LogP contribution in [0.3, 0.4) is 0 Å². The number of benzene rings is 1. The van der Waals surface area contributed by atoms with Gasteiger partial charge in [-0.05, 0) is 30.7 Å². The van der Waals surface area contributed by atoms with Gasteiger partial charge in [-0.2, -0.15) is 11.8 Å². The number of rotatable bonds is 3. The Bertz CT molecular complexity index is 297. The van der Waals surface area contributed by atoms with Gasteiger partial charge in [-0.1, -0.05) is 28.1 Å². The van der Waals surface area contributed by atoms with Crippen molar-refractivity contribution >= 4 is 27.7 Å². The molecule has 1 aromatic rings. The van der Waals surface area contributed by atoms with E-state index in [0.717, 1.165) is 11.0 Å². The van der Waals surface area contributed by atoms with E-state index in [2.05, 4.69) is 57.3 Å². The average Bonchev–Trinajstić information content (AvgIpc) is 2.67. The molecular formula is C11H14BrNS. The van der Waals surface area contributed by atoms with Crippen molar-refractivity contribution in [3.8, 4) is 0 Å². The Labute approximate surface area is 97.8 Å². The second kappa shape index (κ2) is 5.19. The van der Waals surface area contributed by atoms with Crippen LogP contribution in [0.5, 0.6) is 0 Å². The van der Waals surface area contributed by atoms with Crippen LogP contribution in [0.1, 0.15) is 12.0 Å². The van der Waals surface area contributed by atoms with Gasteiger partial charge in [0.2, 0.25) is 0 Å². The maximum atomic E-state index is 3.49. The topological polar surface area (TPSA) is 12.0 Å². The van der Waals surface area contributed by atoms with E-state index in [1.54, 1.807) is 0 Å². The van der Waals surface area contributed by atoms with Crippen LogP contribution in [0.15, 0.2) is 28.7 Å². The van der Waals surface area contributed by atoms with Crippen LogP contribution >= 0.6 is 27.7 Å². The molecule has 0 bridgehead atoms. The standard InChI is InChI=1S/C11H14BrNS/c12-10-3-1-2-9(6-10)8-14-11-4-5-13-7-11/h1-3,6,11,13H,4-5,7-8H2. The molecule has 1 nitrogen and oxygen atoms in total. The molecule has 1 aliphatic rings. The fourth-order valence-electron chi connectivity index (χ4n) is 1.61.